The lowest BCUT2D eigenvalue weighted by Gasteiger charge is -1.99. The van der Waals surface area contributed by atoms with Crippen molar-refractivity contribution in [3.8, 4) is 0 Å². The molecule has 1 aromatic carbocycles. The van der Waals surface area contributed by atoms with Crippen LogP contribution in [0.1, 0.15) is 10.4 Å². The van der Waals surface area contributed by atoms with Gasteiger partial charge in [-0.3, -0.25) is 0 Å². The molecule has 75 valence electrons. The number of carboxylic acid groups (broad SMARTS) is 1. The third kappa shape index (κ3) is 1.96. The lowest BCUT2D eigenvalue weighted by Crippen LogP contribution is -2.19. The number of benzene rings is 1. The Morgan fingerprint density at radius 1 is 1.43 bits per heavy atom. The van der Waals surface area contributed by atoms with Crippen LogP contribution < -0.4 is 5.90 Å². The van der Waals surface area contributed by atoms with Crippen LogP contribution >= 0.6 is 0 Å². The zero-order valence-electron chi connectivity index (χ0n) is 6.88. The van der Waals surface area contributed by atoms with Gasteiger partial charge < -0.3 is 5.11 Å². The van der Waals surface area contributed by atoms with Crippen molar-refractivity contribution >= 4 is 16.5 Å². The second-order valence-corrected chi connectivity index (χ2v) is 3.89. The third-order valence-corrected chi connectivity index (χ3v) is 2.66. The molecular formula is C7H7NO5S+. The van der Waals surface area contributed by atoms with Crippen molar-refractivity contribution in [3.05, 3.63) is 29.8 Å². The molecule has 0 aliphatic heterocycles. The quantitative estimate of drug-likeness (QED) is 0.562. The van der Waals surface area contributed by atoms with Crippen LogP contribution in [0.2, 0.25) is 0 Å². The molecule has 1 unspecified atom stereocenters. The molecule has 0 aliphatic rings. The Balaban J connectivity index is 3.34. The summed E-state index contributed by atoms with van der Waals surface area (Å²) in [7, 11) is -4.18. The van der Waals surface area contributed by atoms with Crippen LogP contribution in [0.25, 0.3) is 0 Å². The highest BCUT2D eigenvalue weighted by atomic mass is 32.3. The van der Waals surface area contributed by atoms with Gasteiger partial charge in [0.1, 0.15) is 5.56 Å². The Morgan fingerprint density at radius 3 is 2.50 bits per heavy atom. The first-order valence-corrected chi connectivity index (χ1v) is 4.85. The van der Waals surface area contributed by atoms with E-state index in [0.717, 1.165) is 12.1 Å². The van der Waals surface area contributed by atoms with Crippen molar-refractivity contribution in [1.82, 2.24) is 0 Å². The molecule has 7 heteroatoms. The molecule has 1 radical (unpaired) electrons. The smallest absolute Gasteiger partial charge is 0.448 e. The van der Waals surface area contributed by atoms with Crippen LogP contribution in [0.3, 0.4) is 0 Å². The van der Waals surface area contributed by atoms with Crippen molar-refractivity contribution < 1.29 is 22.9 Å². The highest BCUT2D eigenvalue weighted by Gasteiger charge is 2.38. The molecule has 1 atom stereocenters. The summed E-state index contributed by atoms with van der Waals surface area (Å²) in [6.07, 6.45) is 0. The minimum absolute atomic E-state index is 0.377. The Labute approximate surface area is 80.7 Å². The molecule has 0 spiro atoms. The predicted molar refractivity (Wildman–Crippen MR) is 45.7 cm³/mol. The minimum atomic E-state index is -4.18. The number of aromatic carboxylic acids is 1. The molecule has 6 nitrogen and oxygen atoms in total. The fourth-order valence-corrected chi connectivity index (χ4v) is 1.69. The summed E-state index contributed by atoms with van der Waals surface area (Å²) in [6, 6.07) is 5.03. The zero-order chi connectivity index (χ0) is 10.8. The summed E-state index contributed by atoms with van der Waals surface area (Å²) >= 11 is 0. The number of hydrogen-bond donors (Lipinski definition) is 2. The highest BCUT2D eigenvalue weighted by Crippen LogP contribution is 2.21. The first kappa shape index (κ1) is 10.8. The zero-order valence-corrected chi connectivity index (χ0v) is 7.69. The molecule has 0 heterocycles. The van der Waals surface area contributed by atoms with E-state index >= 15 is 0 Å². The van der Waals surface area contributed by atoms with E-state index < -0.39 is 21.4 Å². The van der Waals surface area contributed by atoms with Crippen molar-refractivity contribution in [3.63, 3.8) is 0 Å². The molecule has 0 aromatic heterocycles. The normalized spacial score (nSPS) is 14.7. The van der Waals surface area contributed by atoms with Gasteiger partial charge in [0.2, 0.25) is 4.90 Å². The SMILES string of the molecule is NO[S+]([O])(=O)c1ccccc1C(=O)O. The molecule has 1 rings (SSSR count). The maximum Gasteiger partial charge on any atom is 0.448 e. The van der Waals surface area contributed by atoms with Gasteiger partial charge in [0.05, 0.1) is 4.55 Å². The van der Waals surface area contributed by atoms with E-state index in [0.29, 0.717) is 0 Å². The average Bonchev–Trinajstić information content (AvgIpc) is 2.18. The summed E-state index contributed by atoms with van der Waals surface area (Å²) in [5.41, 5.74) is -0.377. The van der Waals surface area contributed by atoms with E-state index in [1.807, 2.05) is 0 Å². The van der Waals surface area contributed by atoms with Gasteiger partial charge in [-0.25, -0.2) is 4.79 Å². The van der Waals surface area contributed by atoms with Crippen LogP contribution in [-0.2, 0) is 23.5 Å². The molecule has 0 fully saturated rings. The minimum Gasteiger partial charge on any atom is -0.478 e. The molecular weight excluding hydrogens is 210 g/mol. The first-order valence-electron chi connectivity index (χ1n) is 3.44. The van der Waals surface area contributed by atoms with Gasteiger partial charge in [-0.05, 0) is 14.6 Å². The maximum absolute atomic E-state index is 11.1. The Morgan fingerprint density at radius 2 is 2.00 bits per heavy atom. The molecule has 0 bridgehead atoms. The summed E-state index contributed by atoms with van der Waals surface area (Å²) in [6.45, 7) is 0. The Hall–Kier alpha value is -1.28. The summed E-state index contributed by atoms with van der Waals surface area (Å²) < 4.78 is 26.0. The van der Waals surface area contributed by atoms with Crippen molar-refractivity contribution in [2.24, 2.45) is 5.90 Å². The summed E-state index contributed by atoms with van der Waals surface area (Å²) in [4.78, 5) is 10.2. The van der Waals surface area contributed by atoms with Crippen molar-refractivity contribution in [2.45, 2.75) is 4.90 Å². The topological polar surface area (TPSA) is 110 Å². The van der Waals surface area contributed by atoms with Gasteiger partial charge >= 0.3 is 16.5 Å². The molecule has 0 aliphatic carbocycles. The van der Waals surface area contributed by atoms with Gasteiger partial charge in [0, 0.05) is 6.07 Å². The van der Waals surface area contributed by atoms with E-state index in [1.165, 1.54) is 12.1 Å². The second-order valence-electron chi connectivity index (χ2n) is 2.35. The highest BCUT2D eigenvalue weighted by molar-refractivity contribution is 7.93. The number of carboxylic acids is 1. The standard InChI is InChI=1S/C7H7NO5S/c8-13-14(11,12)6-4-2-1-3-5(6)7(9)10/h1-4H,8H2,(H,9,10)/q+1. The molecule has 0 saturated heterocycles. The van der Waals surface area contributed by atoms with Gasteiger partial charge in [-0.1, -0.05) is 12.1 Å². The summed E-state index contributed by atoms with van der Waals surface area (Å²) in [5.74, 6) is 3.17. The molecule has 14 heavy (non-hydrogen) atoms. The summed E-state index contributed by atoms with van der Waals surface area (Å²) in [5, 5.41) is 8.66. The number of nitrogens with two attached hydrogens (primary N) is 1. The first-order chi connectivity index (χ1) is 6.49. The monoisotopic (exact) mass is 217 g/mol. The maximum atomic E-state index is 11.1. The predicted octanol–water partition coefficient (Wildman–Crippen LogP) is 0.394. The van der Waals surface area contributed by atoms with Crippen LogP contribution in [0.15, 0.2) is 29.2 Å². The van der Waals surface area contributed by atoms with Gasteiger partial charge in [0.15, 0.2) is 0 Å². The van der Waals surface area contributed by atoms with E-state index in [9.17, 15) is 13.6 Å². The number of carbonyl (C=O) groups is 1. The fraction of sp³-hybridized carbons (Fsp3) is 0. The largest absolute Gasteiger partial charge is 0.478 e. The lowest BCUT2D eigenvalue weighted by atomic mass is 10.2. The van der Waals surface area contributed by atoms with Crippen LogP contribution in [0.5, 0.6) is 0 Å². The van der Waals surface area contributed by atoms with Gasteiger partial charge in [-0.2, -0.15) is 5.90 Å². The van der Waals surface area contributed by atoms with Gasteiger partial charge in [0.25, 0.3) is 0 Å². The van der Waals surface area contributed by atoms with Gasteiger partial charge in [-0.15, -0.1) is 0 Å². The molecule has 1 aromatic rings. The Kier molecular flexibility index (Phi) is 2.96. The van der Waals surface area contributed by atoms with E-state index in [-0.39, 0.29) is 5.56 Å². The van der Waals surface area contributed by atoms with E-state index in [2.05, 4.69) is 10.2 Å². The Bertz CT molecular complexity index is 405. The van der Waals surface area contributed by atoms with Crippen LogP contribution in [0, 0.1) is 0 Å². The molecule has 0 saturated carbocycles. The molecule has 0 amide bonds. The lowest BCUT2D eigenvalue weighted by molar-refractivity contribution is 0.0691. The third-order valence-electron chi connectivity index (χ3n) is 1.51. The van der Waals surface area contributed by atoms with Crippen molar-refractivity contribution in [1.29, 1.82) is 0 Å². The number of hydrogen-bond acceptors (Lipinski definition) is 4. The number of rotatable bonds is 3. The molecule has 3 N–H and O–H groups in total. The second kappa shape index (κ2) is 3.84. The average molecular weight is 217 g/mol. The van der Waals surface area contributed by atoms with E-state index in [4.69, 9.17) is 5.11 Å². The fourth-order valence-electron chi connectivity index (χ4n) is 0.913. The van der Waals surface area contributed by atoms with Crippen molar-refractivity contribution in [2.75, 3.05) is 0 Å². The van der Waals surface area contributed by atoms with E-state index in [1.54, 1.807) is 0 Å². The van der Waals surface area contributed by atoms with Crippen LogP contribution in [-0.4, -0.2) is 11.1 Å². The van der Waals surface area contributed by atoms with Crippen LogP contribution in [0.4, 0.5) is 0 Å².